The second-order valence-corrected chi connectivity index (χ2v) is 6.26. The van der Waals surface area contributed by atoms with Crippen molar-refractivity contribution in [1.82, 2.24) is 15.5 Å². The Morgan fingerprint density at radius 1 is 1.35 bits per heavy atom. The molecule has 1 saturated heterocycles. The van der Waals surface area contributed by atoms with Crippen LogP contribution in [0.15, 0.2) is 0 Å². The van der Waals surface area contributed by atoms with Crippen molar-refractivity contribution in [3.05, 3.63) is 5.01 Å². The van der Waals surface area contributed by atoms with Gasteiger partial charge in [0.25, 0.3) is 0 Å². The monoisotopic (exact) mass is 254 g/mol. The minimum Gasteiger partial charge on any atom is -0.347 e. The van der Waals surface area contributed by atoms with Gasteiger partial charge >= 0.3 is 0 Å². The molecular weight excluding hydrogens is 232 g/mol. The summed E-state index contributed by atoms with van der Waals surface area (Å²) in [6, 6.07) is 0.596. The first kappa shape index (κ1) is 12.8. The molecule has 17 heavy (non-hydrogen) atoms. The van der Waals surface area contributed by atoms with Gasteiger partial charge in [-0.25, -0.2) is 0 Å². The minimum atomic E-state index is 0.596. The fourth-order valence-corrected chi connectivity index (χ4v) is 2.88. The lowest BCUT2D eigenvalue weighted by Gasteiger charge is -2.31. The summed E-state index contributed by atoms with van der Waals surface area (Å²) in [5.74, 6) is 0.822. The SMILES string of the molecule is Cc1nnc(N2CCC(CNC(C)C)CC2)s1. The van der Waals surface area contributed by atoms with Crippen LogP contribution in [0.5, 0.6) is 0 Å². The maximum Gasteiger partial charge on any atom is 0.208 e. The predicted molar refractivity (Wildman–Crippen MR) is 72.7 cm³/mol. The van der Waals surface area contributed by atoms with Crippen molar-refractivity contribution in [2.24, 2.45) is 5.92 Å². The van der Waals surface area contributed by atoms with Crippen LogP contribution in [0.2, 0.25) is 0 Å². The van der Waals surface area contributed by atoms with E-state index < -0.39 is 0 Å². The second kappa shape index (κ2) is 5.78. The molecular formula is C12H22N4S. The van der Waals surface area contributed by atoms with E-state index in [2.05, 4.69) is 34.3 Å². The first-order valence-electron chi connectivity index (χ1n) is 6.43. The van der Waals surface area contributed by atoms with Crippen LogP contribution in [0.3, 0.4) is 0 Å². The maximum absolute atomic E-state index is 4.22. The molecule has 1 aliphatic heterocycles. The molecule has 0 unspecified atom stereocenters. The maximum atomic E-state index is 4.22. The van der Waals surface area contributed by atoms with E-state index in [0.717, 1.165) is 35.7 Å². The van der Waals surface area contributed by atoms with E-state index in [4.69, 9.17) is 0 Å². The van der Waals surface area contributed by atoms with Gasteiger partial charge in [0.15, 0.2) is 0 Å². The minimum absolute atomic E-state index is 0.596. The average molecular weight is 254 g/mol. The van der Waals surface area contributed by atoms with E-state index in [1.54, 1.807) is 11.3 Å². The highest BCUT2D eigenvalue weighted by Crippen LogP contribution is 2.25. The zero-order valence-corrected chi connectivity index (χ0v) is 11.8. The average Bonchev–Trinajstić information content (AvgIpc) is 2.74. The van der Waals surface area contributed by atoms with Crippen LogP contribution in [0.25, 0.3) is 0 Å². The highest BCUT2D eigenvalue weighted by Gasteiger charge is 2.21. The number of hydrogen-bond donors (Lipinski definition) is 1. The zero-order chi connectivity index (χ0) is 12.3. The Morgan fingerprint density at radius 2 is 2.06 bits per heavy atom. The molecule has 0 atom stereocenters. The highest BCUT2D eigenvalue weighted by molar-refractivity contribution is 7.15. The van der Waals surface area contributed by atoms with Gasteiger partial charge in [-0.3, -0.25) is 0 Å². The second-order valence-electron chi connectivity index (χ2n) is 5.10. The van der Waals surface area contributed by atoms with Gasteiger partial charge in [0.2, 0.25) is 5.13 Å². The van der Waals surface area contributed by atoms with Gasteiger partial charge < -0.3 is 10.2 Å². The van der Waals surface area contributed by atoms with Gasteiger partial charge in [-0.05, 0) is 32.2 Å². The third kappa shape index (κ3) is 3.64. The Kier molecular flexibility index (Phi) is 4.34. The molecule has 1 fully saturated rings. The zero-order valence-electron chi connectivity index (χ0n) is 10.9. The number of aromatic nitrogens is 2. The van der Waals surface area contributed by atoms with Crippen molar-refractivity contribution in [3.8, 4) is 0 Å². The Balaban J connectivity index is 1.78. The summed E-state index contributed by atoms with van der Waals surface area (Å²) in [4.78, 5) is 2.37. The predicted octanol–water partition coefficient (Wildman–Crippen LogP) is 2.06. The van der Waals surface area contributed by atoms with E-state index >= 15 is 0 Å². The Hall–Kier alpha value is -0.680. The normalized spacial score (nSPS) is 18.0. The van der Waals surface area contributed by atoms with Crippen LogP contribution >= 0.6 is 11.3 Å². The third-order valence-corrected chi connectivity index (χ3v) is 4.11. The molecule has 96 valence electrons. The number of anilines is 1. The van der Waals surface area contributed by atoms with Crippen LogP contribution in [-0.2, 0) is 0 Å². The lowest BCUT2D eigenvalue weighted by molar-refractivity contribution is 0.370. The van der Waals surface area contributed by atoms with Gasteiger partial charge in [-0.2, -0.15) is 0 Å². The number of nitrogens with one attached hydrogen (secondary N) is 1. The Bertz CT molecular complexity index is 342. The summed E-state index contributed by atoms with van der Waals surface area (Å²) in [6.45, 7) is 9.83. The molecule has 0 saturated carbocycles. The first-order valence-corrected chi connectivity index (χ1v) is 7.25. The lowest BCUT2D eigenvalue weighted by Crippen LogP contribution is -2.38. The quantitative estimate of drug-likeness (QED) is 0.893. The van der Waals surface area contributed by atoms with Crippen molar-refractivity contribution in [2.75, 3.05) is 24.5 Å². The van der Waals surface area contributed by atoms with Gasteiger partial charge in [0.05, 0.1) is 0 Å². The fourth-order valence-electron chi connectivity index (χ4n) is 2.14. The summed E-state index contributed by atoms with van der Waals surface area (Å²) < 4.78 is 0. The first-order chi connectivity index (χ1) is 8.15. The number of rotatable bonds is 4. The van der Waals surface area contributed by atoms with Crippen LogP contribution < -0.4 is 10.2 Å². The van der Waals surface area contributed by atoms with Crippen LogP contribution in [0.4, 0.5) is 5.13 Å². The van der Waals surface area contributed by atoms with Gasteiger partial charge in [0.1, 0.15) is 5.01 Å². The van der Waals surface area contributed by atoms with Gasteiger partial charge in [0, 0.05) is 19.1 Å². The molecule has 0 amide bonds. The van der Waals surface area contributed by atoms with Crippen molar-refractivity contribution in [1.29, 1.82) is 0 Å². The number of piperidine rings is 1. The van der Waals surface area contributed by atoms with E-state index in [1.807, 2.05) is 6.92 Å². The lowest BCUT2D eigenvalue weighted by atomic mass is 9.97. The molecule has 1 N–H and O–H groups in total. The molecule has 0 aromatic carbocycles. The molecule has 0 radical (unpaired) electrons. The van der Waals surface area contributed by atoms with Crippen molar-refractivity contribution < 1.29 is 0 Å². The van der Waals surface area contributed by atoms with Crippen LogP contribution in [-0.4, -0.2) is 35.9 Å². The Morgan fingerprint density at radius 3 is 2.59 bits per heavy atom. The molecule has 1 aliphatic rings. The number of nitrogens with zero attached hydrogens (tertiary/aromatic N) is 3. The summed E-state index contributed by atoms with van der Waals surface area (Å²) in [7, 11) is 0. The van der Waals surface area contributed by atoms with E-state index in [0.29, 0.717) is 6.04 Å². The molecule has 0 bridgehead atoms. The third-order valence-electron chi connectivity index (χ3n) is 3.22. The highest BCUT2D eigenvalue weighted by atomic mass is 32.1. The van der Waals surface area contributed by atoms with Gasteiger partial charge in [-0.15, -0.1) is 10.2 Å². The van der Waals surface area contributed by atoms with Gasteiger partial charge in [-0.1, -0.05) is 25.2 Å². The molecule has 4 nitrogen and oxygen atoms in total. The number of aryl methyl sites for hydroxylation is 1. The topological polar surface area (TPSA) is 41.1 Å². The van der Waals surface area contributed by atoms with Crippen LogP contribution in [0, 0.1) is 12.8 Å². The molecule has 0 aliphatic carbocycles. The summed E-state index contributed by atoms with van der Waals surface area (Å²) in [6.07, 6.45) is 2.52. The summed E-state index contributed by atoms with van der Waals surface area (Å²) in [5.41, 5.74) is 0. The Labute approximate surface area is 107 Å². The molecule has 2 rings (SSSR count). The largest absolute Gasteiger partial charge is 0.347 e. The number of hydrogen-bond acceptors (Lipinski definition) is 5. The molecule has 1 aromatic heterocycles. The smallest absolute Gasteiger partial charge is 0.208 e. The standard InChI is InChI=1S/C12H22N4S/c1-9(2)13-8-11-4-6-16(7-5-11)12-15-14-10(3)17-12/h9,11,13H,4-8H2,1-3H3. The van der Waals surface area contributed by atoms with E-state index in [-0.39, 0.29) is 0 Å². The molecule has 5 heteroatoms. The van der Waals surface area contributed by atoms with E-state index in [9.17, 15) is 0 Å². The van der Waals surface area contributed by atoms with Crippen molar-refractivity contribution >= 4 is 16.5 Å². The summed E-state index contributed by atoms with van der Waals surface area (Å²) in [5, 5.41) is 14.0. The molecule has 0 spiro atoms. The van der Waals surface area contributed by atoms with Crippen molar-refractivity contribution in [2.45, 2.75) is 39.7 Å². The summed E-state index contributed by atoms with van der Waals surface area (Å²) >= 11 is 1.70. The van der Waals surface area contributed by atoms with E-state index in [1.165, 1.54) is 12.8 Å². The fraction of sp³-hybridized carbons (Fsp3) is 0.833. The van der Waals surface area contributed by atoms with Crippen molar-refractivity contribution in [3.63, 3.8) is 0 Å². The molecule has 1 aromatic rings. The molecule has 2 heterocycles. The van der Waals surface area contributed by atoms with Crippen LogP contribution in [0.1, 0.15) is 31.7 Å².